The molecule has 0 unspecified atom stereocenters. The van der Waals surface area contributed by atoms with Gasteiger partial charge in [0.2, 0.25) is 0 Å². The van der Waals surface area contributed by atoms with Gasteiger partial charge in [0.05, 0.1) is 5.66 Å². The normalized spacial score (nSPS) is 29.5. The monoisotopic (exact) mass is 156 g/mol. The lowest BCUT2D eigenvalue weighted by Gasteiger charge is -2.24. The second-order valence-corrected chi connectivity index (χ2v) is 4.75. The molecule has 1 aliphatic carbocycles. The van der Waals surface area contributed by atoms with E-state index in [-0.39, 0.29) is 5.66 Å². The summed E-state index contributed by atoms with van der Waals surface area (Å²) >= 11 is 0. The predicted octanol–water partition coefficient (Wildman–Crippen LogP) is 1.59. The first kappa shape index (κ1) is 9.01. The molecule has 2 nitrogen and oxygen atoms in total. The maximum atomic E-state index is 5.88. The SMILES string of the molecule is CC1(C)CCCC(N)(N)CC1. The second kappa shape index (κ2) is 2.76. The van der Waals surface area contributed by atoms with Gasteiger partial charge in [-0.25, -0.2) is 0 Å². The first-order chi connectivity index (χ1) is 4.91. The third-order valence-corrected chi connectivity index (χ3v) is 2.76. The molecular formula is C9H20N2. The fourth-order valence-electron chi connectivity index (χ4n) is 1.72. The Hall–Kier alpha value is -0.0800. The third-order valence-electron chi connectivity index (χ3n) is 2.76. The first-order valence-corrected chi connectivity index (χ1v) is 4.49. The van der Waals surface area contributed by atoms with Crippen molar-refractivity contribution >= 4 is 0 Å². The largest absolute Gasteiger partial charge is 0.313 e. The minimum absolute atomic E-state index is 0.381. The van der Waals surface area contributed by atoms with E-state index < -0.39 is 0 Å². The summed E-state index contributed by atoms with van der Waals surface area (Å²) in [6.45, 7) is 4.60. The van der Waals surface area contributed by atoms with E-state index in [0.29, 0.717) is 5.41 Å². The van der Waals surface area contributed by atoms with Gasteiger partial charge in [-0.1, -0.05) is 13.8 Å². The van der Waals surface area contributed by atoms with Gasteiger partial charge in [0.15, 0.2) is 0 Å². The molecule has 0 aliphatic heterocycles. The zero-order chi connectivity index (χ0) is 8.54. The average molecular weight is 156 g/mol. The molecule has 66 valence electrons. The van der Waals surface area contributed by atoms with Crippen molar-refractivity contribution in [3.63, 3.8) is 0 Å². The Morgan fingerprint density at radius 2 is 1.55 bits per heavy atom. The molecule has 2 heteroatoms. The van der Waals surface area contributed by atoms with E-state index in [4.69, 9.17) is 11.5 Å². The zero-order valence-corrected chi connectivity index (χ0v) is 7.69. The quantitative estimate of drug-likeness (QED) is 0.413. The summed E-state index contributed by atoms with van der Waals surface area (Å²) in [5.74, 6) is 0. The van der Waals surface area contributed by atoms with Gasteiger partial charge in [0, 0.05) is 0 Å². The predicted molar refractivity (Wildman–Crippen MR) is 48.0 cm³/mol. The summed E-state index contributed by atoms with van der Waals surface area (Å²) in [5, 5.41) is 0. The molecule has 1 fully saturated rings. The Bertz CT molecular complexity index is 122. The molecule has 0 amide bonds. The van der Waals surface area contributed by atoms with Crippen molar-refractivity contribution in [3.8, 4) is 0 Å². The van der Waals surface area contributed by atoms with Gasteiger partial charge in [0.1, 0.15) is 0 Å². The molecule has 0 heterocycles. The molecule has 1 saturated carbocycles. The molecule has 0 aromatic rings. The lowest BCUT2D eigenvalue weighted by Crippen LogP contribution is -2.48. The van der Waals surface area contributed by atoms with Gasteiger partial charge >= 0.3 is 0 Å². The average Bonchev–Trinajstić information content (AvgIpc) is 1.92. The van der Waals surface area contributed by atoms with Crippen molar-refractivity contribution in [2.45, 2.75) is 51.6 Å². The molecule has 0 aromatic heterocycles. The fourth-order valence-corrected chi connectivity index (χ4v) is 1.72. The van der Waals surface area contributed by atoms with Gasteiger partial charge in [-0.3, -0.25) is 0 Å². The van der Waals surface area contributed by atoms with Crippen LogP contribution in [0.5, 0.6) is 0 Å². The zero-order valence-electron chi connectivity index (χ0n) is 7.69. The van der Waals surface area contributed by atoms with Crippen molar-refractivity contribution in [1.82, 2.24) is 0 Å². The number of hydrogen-bond acceptors (Lipinski definition) is 2. The minimum atomic E-state index is -0.381. The maximum absolute atomic E-state index is 5.88. The van der Waals surface area contributed by atoms with Crippen LogP contribution in [0.15, 0.2) is 0 Å². The Morgan fingerprint density at radius 1 is 0.909 bits per heavy atom. The standard InChI is InChI=1S/C9H20N2/c1-8(2)4-3-5-9(10,11)7-6-8/h3-7,10-11H2,1-2H3. The van der Waals surface area contributed by atoms with Gasteiger partial charge in [-0.05, 0) is 37.5 Å². The summed E-state index contributed by atoms with van der Waals surface area (Å²) in [6.07, 6.45) is 5.57. The van der Waals surface area contributed by atoms with Crippen molar-refractivity contribution in [2.24, 2.45) is 16.9 Å². The molecule has 4 N–H and O–H groups in total. The summed E-state index contributed by atoms with van der Waals surface area (Å²) in [6, 6.07) is 0. The lowest BCUT2D eigenvalue weighted by molar-refractivity contribution is 0.300. The van der Waals surface area contributed by atoms with Gasteiger partial charge in [-0.2, -0.15) is 0 Å². The lowest BCUT2D eigenvalue weighted by atomic mass is 9.85. The minimum Gasteiger partial charge on any atom is -0.313 e. The van der Waals surface area contributed by atoms with Crippen LogP contribution in [-0.4, -0.2) is 5.66 Å². The molecule has 11 heavy (non-hydrogen) atoms. The number of hydrogen-bond donors (Lipinski definition) is 2. The van der Waals surface area contributed by atoms with Crippen LogP contribution in [-0.2, 0) is 0 Å². The van der Waals surface area contributed by atoms with Crippen molar-refractivity contribution in [3.05, 3.63) is 0 Å². The molecule has 0 spiro atoms. The molecule has 0 saturated heterocycles. The van der Waals surface area contributed by atoms with E-state index in [0.717, 1.165) is 12.8 Å². The van der Waals surface area contributed by atoms with Crippen LogP contribution >= 0.6 is 0 Å². The van der Waals surface area contributed by atoms with Crippen LogP contribution in [0.4, 0.5) is 0 Å². The van der Waals surface area contributed by atoms with Crippen molar-refractivity contribution < 1.29 is 0 Å². The number of nitrogens with two attached hydrogens (primary N) is 2. The van der Waals surface area contributed by atoms with E-state index in [1.54, 1.807) is 0 Å². The van der Waals surface area contributed by atoms with Gasteiger partial charge in [-0.15, -0.1) is 0 Å². The maximum Gasteiger partial charge on any atom is 0.0636 e. The molecule has 1 rings (SSSR count). The number of rotatable bonds is 0. The molecule has 0 aromatic carbocycles. The van der Waals surface area contributed by atoms with Crippen LogP contribution < -0.4 is 11.5 Å². The highest BCUT2D eigenvalue weighted by molar-refractivity contribution is 4.85. The molecule has 0 radical (unpaired) electrons. The smallest absolute Gasteiger partial charge is 0.0636 e. The summed E-state index contributed by atoms with van der Waals surface area (Å²) in [4.78, 5) is 0. The summed E-state index contributed by atoms with van der Waals surface area (Å²) in [7, 11) is 0. The van der Waals surface area contributed by atoms with E-state index in [9.17, 15) is 0 Å². The molecular weight excluding hydrogens is 136 g/mol. The van der Waals surface area contributed by atoms with Crippen molar-refractivity contribution in [2.75, 3.05) is 0 Å². The van der Waals surface area contributed by atoms with Gasteiger partial charge in [0.25, 0.3) is 0 Å². The Balaban J connectivity index is 2.53. The fraction of sp³-hybridized carbons (Fsp3) is 1.00. The van der Waals surface area contributed by atoms with Crippen LogP contribution in [0.3, 0.4) is 0 Å². The van der Waals surface area contributed by atoms with E-state index in [1.807, 2.05) is 0 Å². The molecule has 0 bridgehead atoms. The summed E-state index contributed by atoms with van der Waals surface area (Å²) in [5.41, 5.74) is 11.8. The second-order valence-electron chi connectivity index (χ2n) is 4.75. The van der Waals surface area contributed by atoms with E-state index >= 15 is 0 Å². The highest BCUT2D eigenvalue weighted by atomic mass is 14.9. The van der Waals surface area contributed by atoms with Crippen LogP contribution in [0.1, 0.15) is 46.0 Å². The van der Waals surface area contributed by atoms with Crippen molar-refractivity contribution in [1.29, 1.82) is 0 Å². The third kappa shape index (κ3) is 2.80. The molecule has 1 aliphatic rings. The van der Waals surface area contributed by atoms with Crippen LogP contribution in [0, 0.1) is 5.41 Å². The van der Waals surface area contributed by atoms with E-state index in [1.165, 1.54) is 19.3 Å². The van der Waals surface area contributed by atoms with Crippen LogP contribution in [0.2, 0.25) is 0 Å². The Labute approximate surface area is 69.3 Å². The first-order valence-electron chi connectivity index (χ1n) is 4.49. The van der Waals surface area contributed by atoms with Crippen LogP contribution in [0.25, 0.3) is 0 Å². The molecule has 0 atom stereocenters. The highest BCUT2D eigenvalue weighted by Gasteiger charge is 2.28. The topological polar surface area (TPSA) is 52.0 Å². The van der Waals surface area contributed by atoms with E-state index in [2.05, 4.69) is 13.8 Å². The van der Waals surface area contributed by atoms with Gasteiger partial charge < -0.3 is 11.5 Å². The Morgan fingerprint density at radius 3 is 2.18 bits per heavy atom. The summed E-state index contributed by atoms with van der Waals surface area (Å²) < 4.78 is 0. The highest BCUT2D eigenvalue weighted by Crippen LogP contribution is 2.35. The Kier molecular flexibility index (Phi) is 2.26.